The summed E-state index contributed by atoms with van der Waals surface area (Å²) in [6, 6.07) is 3.42. The summed E-state index contributed by atoms with van der Waals surface area (Å²) in [5.41, 5.74) is 6.84. The molecule has 0 heterocycles. The predicted octanol–water partition coefficient (Wildman–Crippen LogP) is 1.36. The number of ether oxygens (including phenoxy) is 4. The summed E-state index contributed by atoms with van der Waals surface area (Å²) in [5, 5.41) is 0. The van der Waals surface area contributed by atoms with Gasteiger partial charge in [0, 0.05) is 7.11 Å². The fourth-order valence-corrected chi connectivity index (χ4v) is 1.59. The Morgan fingerprint density at radius 1 is 1.00 bits per heavy atom. The van der Waals surface area contributed by atoms with E-state index >= 15 is 0 Å². The molecule has 1 aromatic rings. The Balaban J connectivity index is 3.17. The molecule has 0 aliphatic carbocycles. The van der Waals surface area contributed by atoms with Crippen LogP contribution in [0.2, 0.25) is 0 Å². The van der Waals surface area contributed by atoms with E-state index < -0.39 is 0 Å². The van der Waals surface area contributed by atoms with Crippen molar-refractivity contribution in [3.05, 3.63) is 17.7 Å². The molecule has 0 saturated heterocycles. The van der Waals surface area contributed by atoms with Gasteiger partial charge in [-0.25, -0.2) is 0 Å². The van der Waals surface area contributed by atoms with Gasteiger partial charge >= 0.3 is 0 Å². The first kappa shape index (κ1) is 13.6. The smallest absolute Gasteiger partial charge is 0.203 e. The first-order chi connectivity index (χ1) is 8.17. The standard InChI is InChI=1S/C12H19NO4/c1-14-7-9(13)8-5-10(15-2)12(17-4)11(6-8)16-3/h5-6,9H,7,13H2,1-4H3/t9-/m1/s1. The van der Waals surface area contributed by atoms with E-state index in [0.717, 1.165) is 5.56 Å². The molecular formula is C12H19NO4. The maximum Gasteiger partial charge on any atom is 0.203 e. The zero-order chi connectivity index (χ0) is 12.8. The van der Waals surface area contributed by atoms with Gasteiger partial charge in [0.1, 0.15) is 0 Å². The monoisotopic (exact) mass is 241 g/mol. The van der Waals surface area contributed by atoms with E-state index in [1.807, 2.05) is 12.1 Å². The largest absolute Gasteiger partial charge is 0.493 e. The SMILES string of the molecule is COC[C@@H](N)c1cc(OC)c(OC)c(OC)c1. The topological polar surface area (TPSA) is 62.9 Å². The molecule has 0 aliphatic heterocycles. The molecule has 0 unspecified atom stereocenters. The van der Waals surface area contributed by atoms with Crippen LogP contribution in [0.5, 0.6) is 17.2 Å². The zero-order valence-electron chi connectivity index (χ0n) is 10.6. The summed E-state index contributed by atoms with van der Waals surface area (Å²) >= 11 is 0. The Labute approximate surface area is 101 Å². The van der Waals surface area contributed by atoms with E-state index in [1.54, 1.807) is 28.4 Å². The molecule has 17 heavy (non-hydrogen) atoms. The fraction of sp³-hybridized carbons (Fsp3) is 0.500. The number of methoxy groups -OCH3 is 4. The first-order valence-electron chi connectivity index (χ1n) is 5.22. The van der Waals surface area contributed by atoms with Gasteiger partial charge in [0.05, 0.1) is 34.0 Å². The third-order valence-electron chi connectivity index (χ3n) is 2.46. The molecule has 0 spiro atoms. The van der Waals surface area contributed by atoms with E-state index in [4.69, 9.17) is 24.7 Å². The van der Waals surface area contributed by atoms with Crippen molar-refractivity contribution in [1.29, 1.82) is 0 Å². The van der Waals surface area contributed by atoms with E-state index in [1.165, 1.54) is 0 Å². The third kappa shape index (κ3) is 3.01. The number of hydrogen-bond donors (Lipinski definition) is 1. The number of benzene rings is 1. The second-order valence-corrected chi connectivity index (χ2v) is 3.52. The molecule has 0 radical (unpaired) electrons. The molecule has 1 aromatic carbocycles. The number of nitrogens with two attached hydrogens (primary N) is 1. The molecule has 5 nitrogen and oxygen atoms in total. The summed E-state index contributed by atoms with van der Waals surface area (Å²) in [6.07, 6.45) is 0. The van der Waals surface area contributed by atoms with Crippen molar-refractivity contribution in [1.82, 2.24) is 0 Å². The Kier molecular flexibility index (Phi) is 5.06. The average Bonchev–Trinajstić information content (AvgIpc) is 2.37. The van der Waals surface area contributed by atoms with Gasteiger partial charge in [-0.1, -0.05) is 0 Å². The van der Waals surface area contributed by atoms with Crippen LogP contribution < -0.4 is 19.9 Å². The van der Waals surface area contributed by atoms with Gasteiger partial charge in [-0.2, -0.15) is 0 Å². The molecule has 2 N–H and O–H groups in total. The van der Waals surface area contributed by atoms with Crippen molar-refractivity contribution in [3.8, 4) is 17.2 Å². The van der Waals surface area contributed by atoms with Crippen molar-refractivity contribution >= 4 is 0 Å². The molecular weight excluding hydrogens is 222 g/mol. The van der Waals surface area contributed by atoms with E-state index in [2.05, 4.69) is 0 Å². The maximum atomic E-state index is 5.97. The molecule has 0 saturated carbocycles. The maximum absolute atomic E-state index is 5.97. The van der Waals surface area contributed by atoms with Crippen LogP contribution in [0.1, 0.15) is 11.6 Å². The Morgan fingerprint density at radius 2 is 1.53 bits per heavy atom. The highest BCUT2D eigenvalue weighted by Crippen LogP contribution is 2.39. The van der Waals surface area contributed by atoms with E-state index in [0.29, 0.717) is 23.9 Å². The lowest BCUT2D eigenvalue weighted by Crippen LogP contribution is -2.16. The summed E-state index contributed by atoms with van der Waals surface area (Å²) in [6.45, 7) is 0.429. The van der Waals surface area contributed by atoms with Gasteiger partial charge in [0.25, 0.3) is 0 Å². The van der Waals surface area contributed by atoms with Crippen molar-refractivity contribution in [2.24, 2.45) is 5.73 Å². The molecule has 0 amide bonds. The summed E-state index contributed by atoms with van der Waals surface area (Å²) in [4.78, 5) is 0. The molecule has 0 bridgehead atoms. The fourth-order valence-electron chi connectivity index (χ4n) is 1.59. The van der Waals surface area contributed by atoms with Crippen molar-refractivity contribution in [2.45, 2.75) is 6.04 Å². The van der Waals surface area contributed by atoms with Gasteiger partial charge in [-0.3, -0.25) is 0 Å². The minimum atomic E-state index is -0.228. The molecule has 1 rings (SSSR count). The molecule has 96 valence electrons. The summed E-state index contributed by atoms with van der Waals surface area (Å²) < 4.78 is 20.7. The van der Waals surface area contributed by atoms with Crippen LogP contribution in [-0.2, 0) is 4.74 Å². The summed E-state index contributed by atoms with van der Waals surface area (Å²) in [7, 11) is 6.32. The average molecular weight is 241 g/mol. The lowest BCUT2D eigenvalue weighted by atomic mass is 10.1. The second-order valence-electron chi connectivity index (χ2n) is 3.52. The van der Waals surface area contributed by atoms with Crippen LogP contribution in [0.25, 0.3) is 0 Å². The lowest BCUT2D eigenvalue weighted by Gasteiger charge is -2.17. The Hall–Kier alpha value is -1.46. The molecule has 0 aromatic heterocycles. The van der Waals surface area contributed by atoms with Crippen LogP contribution in [0.4, 0.5) is 0 Å². The molecule has 5 heteroatoms. The number of rotatable bonds is 6. The highest BCUT2D eigenvalue weighted by Gasteiger charge is 2.16. The van der Waals surface area contributed by atoms with Crippen LogP contribution in [0.15, 0.2) is 12.1 Å². The third-order valence-corrected chi connectivity index (χ3v) is 2.46. The minimum Gasteiger partial charge on any atom is -0.493 e. The molecule has 0 fully saturated rings. The molecule has 1 atom stereocenters. The second kappa shape index (κ2) is 6.32. The van der Waals surface area contributed by atoms with Crippen molar-refractivity contribution < 1.29 is 18.9 Å². The highest BCUT2D eigenvalue weighted by molar-refractivity contribution is 5.54. The van der Waals surface area contributed by atoms with E-state index in [-0.39, 0.29) is 6.04 Å². The highest BCUT2D eigenvalue weighted by atomic mass is 16.5. The van der Waals surface area contributed by atoms with Gasteiger partial charge in [-0.15, -0.1) is 0 Å². The minimum absolute atomic E-state index is 0.228. The quantitative estimate of drug-likeness (QED) is 0.814. The van der Waals surface area contributed by atoms with Crippen LogP contribution >= 0.6 is 0 Å². The van der Waals surface area contributed by atoms with Crippen LogP contribution in [0.3, 0.4) is 0 Å². The molecule has 0 aliphatic rings. The van der Waals surface area contributed by atoms with Gasteiger partial charge in [0.15, 0.2) is 11.5 Å². The number of hydrogen-bond acceptors (Lipinski definition) is 5. The first-order valence-corrected chi connectivity index (χ1v) is 5.22. The van der Waals surface area contributed by atoms with Crippen LogP contribution in [-0.4, -0.2) is 35.0 Å². The summed E-state index contributed by atoms with van der Waals surface area (Å²) in [5.74, 6) is 1.74. The van der Waals surface area contributed by atoms with Gasteiger partial charge < -0.3 is 24.7 Å². The lowest BCUT2D eigenvalue weighted by molar-refractivity contribution is 0.180. The van der Waals surface area contributed by atoms with Crippen molar-refractivity contribution in [3.63, 3.8) is 0 Å². The van der Waals surface area contributed by atoms with Crippen molar-refractivity contribution in [2.75, 3.05) is 35.0 Å². The van der Waals surface area contributed by atoms with E-state index in [9.17, 15) is 0 Å². The normalized spacial score (nSPS) is 12.1. The van der Waals surface area contributed by atoms with Gasteiger partial charge in [-0.05, 0) is 17.7 Å². The van der Waals surface area contributed by atoms with Gasteiger partial charge in [0.2, 0.25) is 5.75 Å². The zero-order valence-corrected chi connectivity index (χ0v) is 10.6. The predicted molar refractivity (Wildman–Crippen MR) is 64.9 cm³/mol. The Morgan fingerprint density at radius 3 is 1.88 bits per heavy atom. The Bertz CT molecular complexity index is 343. The van der Waals surface area contributed by atoms with Crippen LogP contribution in [0, 0.1) is 0 Å².